The van der Waals surface area contributed by atoms with E-state index in [1.165, 1.54) is 0 Å². The molecule has 3 rings (SSSR count). The average molecular weight is 367 g/mol. The number of sulfone groups is 1. The predicted molar refractivity (Wildman–Crippen MR) is 98.4 cm³/mol. The summed E-state index contributed by atoms with van der Waals surface area (Å²) in [5.74, 6) is 2.73. The van der Waals surface area contributed by atoms with Crippen LogP contribution in [0, 0.1) is 5.92 Å². The molecule has 0 aromatic heterocycles. The van der Waals surface area contributed by atoms with Crippen molar-refractivity contribution in [1.29, 1.82) is 0 Å². The summed E-state index contributed by atoms with van der Waals surface area (Å²) < 4.78 is 34.5. The molecule has 0 aliphatic carbocycles. The van der Waals surface area contributed by atoms with Crippen LogP contribution in [0.15, 0.2) is 23.2 Å². The van der Waals surface area contributed by atoms with Gasteiger partial charge in [-0.1, -0.05) is 0 Å². The third-order valence-electron chi connectivity index (χ3n) is 4.19. The first-order valence-corrected chi connectivity index (χ1v) is 10.5. The highest BCUT2D eigenvalue weighted by Crippen LogP contribution is 2.32. The summed E-state index contributed by atoms with van der Waals surface area (Å²) in [4.78, 5) is 4.54. The molecule has 0 bridgehead atoms. The van der Waals surface area contributed by atoms with Crippen molar-refractivity contribution in [3.8, 4) is 11.5 Å². The van der Waals surface area contributed by atoms with Gasteiger partial charge >= 0.3 is 0 Å². The minimum atomic E-state index is -2.87. The number of fused-ring (bicyclic) bond motifs is 1. The van der Waals surface area contributed by atoms with Crippen LogP contribution >= 0.6 is 0 Å². The normalized spacial score (nSPS) is 22.3. The number of benzene rings is 1. The van der Waals surface area contributed by atoms with Crippen molar-refractivity contribution in [2.45, 2.75) is 19.8 Å². The van der Waals surface area contributed by atoms with E-state index in [0.29, 0.717) is 32.1 Å². The Kier molecular flexibility index (Phi) is 5.67. The van der Waals surface area contributed by atoms with E-state index in [1.807, 2.05) is 25.1 Å². The number of hydrogen-bond acceptors (Lipinski definition) is 5. The number of hydrogen-bond donors (Lipinski definition) is 2. The molecule has 1 fully saturated rings. The fraction of sp³-hybridized carbons (Fsp3) is 0.588. The second-order valence-electron chi connectivity index (χ2n) is 6.33. The summed E-state index contributed by atoms with van der Waals surface area (Å²) in [6.07, 6.45) is 1.56. The molecule has 25 heavy (non-hydrogen) atoms. The van der Waals surface area contributed by atoms with Crippen LogP contribution in [-0.2, 0) is 9.84 Å². The number of ether oxygens (including phenoxy) is 2. The Morgan fingerprint density at radius 1 is 1.28 bits per heavy atom. The molecule has 1 saturated heterocycles. The number of nitrogens with zero attached hydrogens (tertiary/aromatic N) is 1. The maximum absolute atomic E-state index is 11.6. The first kappa shape index (κ1) is 17.8. The predicted octanol–water partition coefficient (Wildman–Crippen LogP) is 1.66. The minimum Gasteiger partial charge on any atom is -0.490 e. The minimum absolute atomic E-state index is 0.101. The number of guanidine groups is 1. The highest BCUT2D eigenvalue weighted by atomic mass is 32.2. The first-order chi connectivity index (χ1) is 12.1. The Morgan fingerprint density at radius 3 is 2.80 bits per heavy atom. The van der Waals surface area contributed by atoms with Crippen molar-refractivity contribution in [3.63, 3.8) is 0 Å². The Bertz CT molecular complexity index is 733. The van der Waals surface area contributed by atoms with Gasteiger partial charge in [0.1, 0.15) is 0 Å². The molecule has 2 aliphatic heterocycles. The second kappa shape index (κ2) is 7.95. The van der Waals surface area contributed by atoms with Crippen LogP contribution < -0.4 is 20.1 Å². The van der Waals surface area contributed by atoms with Crippen molar-refractivity contribution in [1.82, 2.24) is 5.32 Å². The van der Waals surface area contributed by atoms with Crippen molar-refractivity contribution in [3.05, 3.63) is 18.2 Å². The monoisotopic (exact) mass is 367 g/mol. The SMILES string of the molecule is CCNC(=NCC1CCS(=O)(=O)C1)Nc1ccc2c(c1)OCCCO2. The number of anilines is 1. The topological polar surface area (TPSA) is 89.0 Å². The van der Waals surface area contributed by atoms with Gasteiger partial charge in [-0.05, 0) is 31.4 Å². The van der Waals surface area contributed by atoms with Crippen LogP contribution in [0.25, 0.3) is 0 Å². The molecule has 0 saturated carbocycles. The Labute approximate surface area is 148 Å². The molecule has 2 N–H and O–H groups in total. The molecular weight excluding hydrogens is 342 g/mol. The molecule has 0 radical (unpaired) electrons. The van der Waals surface area contributed by atoms with Gasteiger partial charge < -0.3 is 20.1 Å². The van der Waals surface area contributed by atoms with Crippen molar-refractivity contribution in [2.24, 2.45) is 10.9 Å². The van der Waals surface area contributed by atoms with Gasteiger partial charge in [0.2, 0.25) is 0 Å². The van der Waals surface area contributed by atoms with Crippen molar-refractivity contribution < 1.29 is 17.9 Å². The van der Waals surface area contributed by atoms with Gasteiger partial charge in [-0.3, -0.25) is 4.99 Å². The highest BCUT2D eigenvalue weighted by molar-refractivity contribution is 7.91. The van der Waals surface area contributed by atoms with Gasteiger partial charge in [-0.2, -0.15) is 0 Å². The molecule has 1 aromatic rings. The van der Waals surface area contributed by atoms with Gasteiger partial charge in [0.15, 0.2) is 27.3 Å². The molecule has 138 valence electrons. The summed E-state index contributed by atoms with van der Waals surface area (Å²) in [5.41, 5.74) is 0.850. The highest BCUT2D eigenvalue weighted by Gasteiger charge is 2.27. The van der Waals surface area contributed by atoms with E-state index in [1.54, 1.807) is 0 Å². The summed E-state index contributed by atoms with van der Waals surface area (Å²) >= 11 is 0. The van der Waals surface area contributed by atoms with E-state index in [-0.39, 0.29) is 17.4 Å². The standard InChI is InChI=1S/C17H25N3O4S/c1-2-18-17(19-11-13-6-9-25(21,22)12-13)20-14-4-5-15-16(10-14)24-8-3-7-23-15/h4-5,10,13H,2-3,6-9,11-12H2,1H3,(H2,18,19,20). The third-order valence-corrected chi connectivity index (χ3v) is 6.03. The lowest BCUT2D eigenvalue weighted by atomic mass is 10.1. The van der Waals surface area contributed by atoms with Crippen LogP contribution in [0.1, 0.15) is 19.8 Å². The molecule has 0 amide bonds. The third kappa shape index (κ3) is 5.01. The van der Waals surface area contributed by atoms with Crippen LogP contribution in [0.3, 0.4) is 0 Å². The molecule has 1 unspecified atom stereocenters. The smallest absolute Gasteiger partial charge is 0.195 e. The molecule has 2 heterocycles. The largest absolute Gasteiger partial charge is 0.490 e. The van der Waals surface area contributed by atoms with E-state index in [9.17, 15) is 8.42 Å². The zero-order chi connectivity index (χ0) is 17.7. The van der Waals surface area contributed by atoms with Gasteiger partial charge in [-0.15, -0.1) is 0 Å². The fourth-order valence-corrected chi connectivity index (χ4v) is 4.77. The quantitative estimate of drug-likeness (QED) is 0.621. The molecule has 0 spiro atoms. The molecule has 2 aliphatic rings. The number of aliphatic imine (C=N–C) groups is 1. The van der Waals surface area contributed by atoms with E-state index < -0.39 is 9.84 Å². The van der Waals surface area contributed by atoms with Gasteiger partial charge in [0.05, 0.1) is 24.7 Å². The molecule has 7 nitrogen and oxygen atoms in total. The van der Waals surface area contributed by atoms with Gasteiger partial charge in [0.25, 0.3) is 0 Å². The Balaban J connectivity index is 1.67. The summed E-state index contributed by atoms with van der Waals surface area (Å²) in [6, 6.07) is 5.70. The average Bonchev–Trinajstić information content (AvgIpc) is 2.79. The molecule has 1 atom stereocenters. The lowest BCUT2D eigenvalue weighted by molar-refractivity contribution is 0.297. The van der Waals surface area contributed by atoms with Gasteiger partial charge in [0, 0.05) is 31.3 Å². The lowest BCUT2D eigenvalue weighted by Crippen LogP contribution is -2.31. The summed E-state index contributed by atoms with van der Waals surface area (Å²) in [6.45, 7) is 4.51. The first-order valence-electron chi connectivity index (χ1n) is 8.71. The molecular formula is C17H25N3O4S. The molecule has 8 heteroatoms. The van der Waals surface area contributed by atoms with E-state index in [0.717, 1.165) is 30.2 Å². The van der Waals surface area contributed by atoms with Crippen LogP contribution in [0.2, 0.25) is 0 Å². The second-order valence-corrected chi connectivity index (χ2v) is 8.55. The maximum Gasteiger partial charge on any atom is 0.195 e. The van der Waals surface area contributed by atoms with Crippen molar-refractivity contribution in [2.75, 3.05) is 43.1 Å². The van der Waals surface area contributed by atoms with Crippen molar-refractivity contribution >= 4 is 21.5 Å². The maximum atomic E-state index is 11.6. The summed E-state index contributed by atoms with van der Waals surface area (Å²) in [5, 5.41) is 6.43. The van der Waals surface area contributed by atoms with Crippen LogP contribution in [-0.4, -0.2) is 52.2 Å². The van der Waals surface area contributed by atoms with Crippen LogP contribution in [0.5, 0.6) is 11.5 Å². The zero-order valence-corrected chi connectivity index (χ0v) is 15.3. The number of rotatable bonds is 4. The number of nitrogens with one attached hydrogen (secondary N) is 2. The Hall–Kier alpha value is -1.96. The zero-order valence-electron chi connectivity index (χ0n) is 14.5. The Morgan fingerprint density at radius 2 is 2.08 bits per heavy atom. The van der Waals surface area contributed by atoms with Gasteiger partial charge in [-0.25, -0.2) is 8.42 Å². The summed E-state index contributed by atoms with van der Waals surface area (Å²) in [7, 11) is -2.87. The van der Waals surface area contributed by atoms with E-state index in [4.69, 9.17) is 9.47 Å². The van der Waals surface area contributed by atoms with Crippen LogP contribution in [0.4, 0.5) is 5.69 Å². The van der Waals surface area contributed by atoms with E-state index >= 15 is 0 Å². The van der Waals surface area contributed by atoms with E-state index in [2.05, 4.69) is 15.6 Å². The molecule has 1 aromatic carbocycles. The lowest BCUT2D eigenvalue weighted by Gasteiger charge is -2.14. The fourth-order valence-electron chi connectivity index (χ4n) is 2.92.